The van der Waals surface area contributed by atoms with Gasteiger partial charge in [0.2, 0.25) is 0 Å². The summed E-state index contributed by atoms with van der Waals surface area (Å²) in [4.78, 5) is 23.2. The molecule has 0 radical (unpaired) electrons. The average molecular weight is 262 g/mol. The van der Waals surface area contributed by atoms with Gasteiger partial charge < -0.3 is 4.74 Å². The summed E-state index contributed by atoms with van der Waals surface area (Å²) in [5.41, 5.74) is 0.558. The molecule has 0 aliphatic rings. The predicted octanol–water partition coefficient (Wildman–Crippen LogP) is 3.77. The Kier molecular flexibility index (Phi) is 7.56. The molecule has 3 heteroatoms. The normalized spacial score (nSPS) is 10.2. The largest absolute Gasteiger partial charge is 0.465 e. The van der Waals surface area contributed by atoms with Crippen molar-refractivity contribution in [2.75, 3.05) is 6.61 Å². The maximum absolute atomic E-state index is 11.7. The van der Waals surface area contributed by atoms with Crippen molar-refractivity contribution in [3.8, 4) is 0 Å². The SMILES string of the molecule is CCCCCCCOC(=O)CC(=O)c1ccccc1. The van der Waals surface area contributed by atoms with Crippen LogP contribution in [0.5, 0.6) is 0 Å². The van der Waals surface area contributed by atoms with Crippen molar-refractivity contribution in [3.05, 3.63) is 35.9 Å². The van der Waals surface area contributed by atoms with Crippen LogP contribution < -0.4 is 0 Å². The van der Waals surface area contributed by atoms with E-state index >= 15 is 0 Å². The maximum atomic E-state index is 11.7. The summed E-state index contributed by atoms with van der Waals surface area (Å²) in [7, 11) is 0. The van der Waals surface area contributed by atoms with E-state index in [2.05, 4.69) is 6.92 Å². The molecule has 1 rings (SSSR count). The molecule has 1 aromatic carbocycles. The first-order valence-electron chi connectivity index (χ1n) is 6.98. The van der Waals surface area contributed by atoms with E-state index in [4.69, 9.17) is 4.74 Å². The molecule has 0 spiro atoms. The van der Waals surface area contributed by atoms with Gasteiger partial charge in [-0.2, -0.15) is 0 Å². The smallest absolute Gasteiger partial charge is 0.313 e. The number of ketones is 1. The minimum atomic E-state index is -0.427. The molecule has 0 heterocycles. The highest BCUT2D eigenvalue weighted by Crippen LogP contribution is 2.05. The second-order valence-corrected chi connectivity index (χ2v) is 4.60. The van der Waals surface area contributed by atoms with E-state index in [0.29, 0.717) is 12.2 Å². The highest BCUT2D eigenvalue weighted by Gasteiger charge is 2.12. The van der Waals surface area contributed by atoms with E-state index in [1.165, 1.54) is 19.3 Å². The number of benzene rings is 1. The molecule has 1 aromatic rings. The van der Waals surface area contributed by atoms with Gasteiger partial charge in [-0.1, -0.05) is 62.9 Å². The van der Waals surface area contributed by atoms with E-state index in [0.717, 1.165) is 12.8 Å². The third kappa shape index (κ3) is 6.75. The molecule has 0 fully saturated rings. The molecule has 0 N–H and O–H groups in total. The fourth-order valence-electron chi connectivity index (χ4n) is 1.80. The Morgan fingerprint density at radius 3 is 2.37 bits per heavy atom. The van der Waals surface area contributed by atoms with Crippen molar-refractivity contribution in [2.24, 2.45) is 0 Å². The molecule has 0 amide bonds. The average Bonchev–Trinajstić information content (AvgIpc) is 2.43. The van der Waals surface area contributed by atoms with Gasteiger partial charge in [0.15, 0.2) is 5.78 Å². The van der Waals surface area contributed by atoms with Crippen molar-refractivity contribution in [1.29, 1.82) is 0 Å². The van der Waals surface area contributed by atoms with Crippen LogP contribution in [0.2, 0.25) is 0 Å². The van der Waals surface area contributed by atoms with Crippen molar-refractivity contribution >= 4 is 11.8 Å². The van der Waals surface area contributed by atoms with Crippen molar-refractivity contribution < 1.29 is 14.3 Å². The second-order valence-electron chi connectivity index (χ2n) is 4.60. The number of carbonyl (C=O) groups is 2. The van der Waals surface area contributed by atoms with Gasteiger partial charge in [-0.15, -0.1) is 0 Å². The van der Waals surface area contributed by atoms with Crippen LogP contribution >= 0.6 is 0 Å². The molecule has 0 unspecified atom stereocenters. The van der Waals surface area contributed by atoms with Gasteiger partial charge in [-0.3, -0.25) is 9.59 Å². The summed E-state index contributed by atoms with van der Waals surface area (Å²) in [5.74, 6) is -0.610. The van der Waals surface area contributed by atoms with Gasteiger partial charge in [0.1, 0.15) is 6.42 Å². The first-order valence-corrected chi connectivity index (χ1v) is 6.98. The molecule has 0 saturated heterocycles. The molecule has 0 atom stereocenters. The fourth-order valence-corrected chi connectivity index (χ4v) is 1.80. The van der Waals surface area contributed by atoms with Crippen LogP contribution in [0, 0.1) is 0 Å². The molecule has 0 bridgehead atoms. The highest BCUT2D eigenvalue weighted by atomic mass is 16.5. The number of carbonyl (C=O) groups excluding carboxylic acids is 2. The lowest BCUT2D eigenvalue weighted by atomic mass is 10.1. The summed E-state index contributed by atoms with van der Waals surface area (Å²) in [5, 5.41) is 0. The zero-order chi connectivity index (χ0) is 13.9. The highest BCUT2D eigenvalue weighted by molar-refractivity contribution is 6.05. The fraction of sp³-hybridized carbons (Fsp3) is 0.500. The van der Waals surface area contributed by atoms with Gasteiger partial charge in [0.05, 0.1) is 6.61 Å². The van der Waals surface area contributed by atoms with Crippen LogP contribution in [0.4, 0.5) is 0 Å². The quantitative estimate of drug-likeness (QED) is 0.294. The van der Waals surface area contributed by atoms with Gasteiger partial charge in [-0.25, -0.2) is 0 Å². The Morgan fingerprint density at radius 1 is 1.00 bits per heavy atom. The van der Waals surface area contributed by atoms with Gasteiger partial charge in [-0.05, 0) is 6.42 Å². The number of rotatable bonds is 9. The summed E-state index contributed by atoms with van der Waals surface area (Å²) in [6.45, 7) is 2.58. The lowest BCUT2D eigenvalue weighted by Gasteiger charge is -2.04. The van der Waals surface area contributed by atoms with E-state index in [-0.39, 0.29) is 12.2 Å². The van der Waals surface area contributed by atoms with Crippen LogP contribution in [-0.2, 0) is 9.53 Å². The van der Waals surface area contributed by atoms with Crippen LogP contribution in [0.1, 0.15) is 55.8 Å². The molecule has 0 aliphatic heterocycles. The number of ether oxygens (including phenoxy) is 1. The second kappa shape index (κ2) is 9.31. The van der Waals surface area contributed by atoms with E-state index in [9.17, 15) is 9.59 Å². The number of Topliss-reactive ketones (excluding diaryl/α,β-unsaturated/α-hetero) is 1. The van der Waals surface area contributed by atoms with Gasteiger partial charge >= 0.3 is 5.97 Å². The Morgan fingerprint density at radius 2 is 1.68 bits per heavy atom. The topological polar surface area (TPSA) is 43.4 Å². The third-order valence-corrected chi connectivity index (χ3v) is 2.91. The molecule has 104 valence electrons. The van der Waals surface area contributed by atoms with Crippen LogP contribution in [0.15, 0.2) is 30.3 Å². The zero-order valence-corrected chi connectivity index (χ0v) is 11.6. The van der Waals surface area contributed by atoms with Gasteiger partial charge in [0.25, 0.3) is 0 Å². The monoisotopic (exact) mass is 262 g/mol. The van der Waals surface area contributed by atoms with Crippen LogP contribution in [-0.4, -0.2) is 18.4 Å². The number of hydrogen-bond acceptors (Lipinski definition) is 3. The molecule has 19 heavy (non-hydrogen) atoms. The Bertz CT molecular complexity index is 384. The molecule has 0 aliphatic carbocycles. The maximum Gasteiger partial charge on any atom is 0.313 e. The zero-order valence-electron chi connectivity index (χ0n) is 11.6. The Hall–Kier alpha value is -1.64. The van der Waals surface area contributed by atoms with Crippen molar-refractivity contribution in [2.45, 2.75) is 45.4 Å². The van der Waals surface area contributed by atoms with Crippen LogP contribution in [0.3, 0.4) is 0 Å². The van der Waals surface area contributed by atoms with Gasteiger partial charge in [0, 0.05) is 5.56 Å². The predicted molar refractivity (Wildman–Crippen MR) is 75.1 cm³/mol. The Labute approximate surface area is 115 Å². The summed E-state index contributed by atoms with van der Waals surface area (Å²) >= 11 is 0. The summed E-state index contributed by atoms with van der Waals surface area (Å²) in [6.07, 6.45) is 5.39. The molecular weight excluding hydrogens is 240 g/mol. The van der Waals surface area contributed by atoms with Crippen molar-refractivity contribution in [1.82, 2.24) is 0 Å². The number of unbranched alkanes of at least 4 members (excludes halogenated alkanes) is 4. The number of esters is 1. The standard InChI is InChI=1S/C16H22O3/c1-2-3-4-5-9-12-19-16(18)13-15(17)14-10-7-6-8-11-14/h6-8,10-11H,2-5,9,12-13H2,1H3. The molecular formula is C16H22O3. The first-order chi connectivity index (χ1) is 9.24. The van der Waals surface area contributed by atoms with E-state index < -0.39 is 5.97 Å². The summed E-state index contributed by atoms with van der Waals surface area (Å²) < 4.78 is 5.05. The number of hydrogen-bond donors (Lipinski definition) is 0. The van der Waals surface area contributed by atoms with E-state index in [1.807, 2.05) is 6.07 Å². The minimum absolute atomic E-state index is 0.168. The lowest BCUT2D eigenvalue weighted by molar-refractivity contribution is -0.142. The van der Waals surface area contributed by atoms with E-state index in [1.54, 1.807) is 24.3 Å². The third-order valence-electron chi connectivity index (χ3n) is 2.91. The van der Waals surface area contributed by atoms with Crippen molar-refractivity contribution in [3.63, 3.8) is 0 Å². The minimum Gasteiger partial charge on any atom is -0.465 e. The summed E-state index contributed by atoms with van der Waals surface area (Å²) in [6, 6.07) is 8.82. The molecule has 0 saturated carbocycles. The molecule has 0 aromatic heterocycles. The first kappa shape index (κ1) is 15.4. The lowest BCUT2D eigenvalue weighted by Crippen LogP contribution is -2.12. The Balaban J connectivity index is 2.16. The van der Waals surface area contributed by atoms with Crippen LogP contribution in [0.25, 0.3) is 0 Å². The molecule has 3 nitrogen and oxygen atoms in total.